The number of hydrogen-bond acceptors (Lipinski definition) is 3. The fourth-order valence-electron chi connectivity index (χ4n) is 1.35. The highest BCUT2D eigenvalue weighted by Gasteiger charge is 2.22. The topological polar surface area (TPSA) is 62.8 Å². The van der Waals surface area contributed by atoms with Crippen molar-refractivity contribution in [3.8, 4) is 11.3 Å². The van der Waals surface area contributed by atoms with E-state index in [1.807, 2.05) is 0 Å². The predicted molar refractivity (Wildman–Crippen MR) is 57.0 cm³/mol. The van der Waals surface area contributed by atoms with Gasteiger partial charge in [-0.15, -0.1) is 0 Å². The first-order valence-electron chi connectivity index (χ1n) is 4.33. The number of nitrogens with one attached hydrogen (secondary N) is 1. The highest BCUT2D eigenvalue weighted by Crippen LogP contribution is 2.29. The van der Waals surface area contributed by atoms with Gasteiger partial charge in [-0.05, 0) is 12.1 Å². The monoisotopic (exact) mass is 278 g/mol. The third kappa shape index (κ3) is 2.16. The summed E-state index contributed by atoms with van der Waals surface area (Å²) in [6.45, 7) is 0. The smallest absolute Gasteiger partial charge is 0.265 e. The molecule has 0 saturated carbocycles. The van der Waals surface area contributed by atoms with Crippen molar-refractivity contribution in [3.05, 3.63) is 36.0 Å². The quantitative estimate of drug-likeness (QED) is 0.857. The molecule has 1 N–H and O–H groups in total. The van der Waals surface area contributed by atoms with Crippen molar-refractivity contribution in [2.75, 3.05) is 0 Å². The number of aromatic nitrogens is 2. The van der Waals surface area contributed by atoms with Gasteiger partial charge in [0.05, 0.1) is 11.9 Å². The Morgan fingerprint density at radius 3 is 2.65 bits per heavy atom. The molecule has 17 heavy (non-hydrogen) atoms. The summed E-state index contributed by atoms with van der Waals surface area (Å²) >= 11 is 0. The second kappa shape index (κ2) is 4.08. The Morgan fingerprint density at radius 1 is 1.29 bits per heavy atom. The van der Waals surface area contributed by atoms with E-state index in [1.165, 1.54) is 12.1 Å². The zero-order chi connectivity index (χ0) is 12.6. The summed E-state index contributed by atoms with van der Waals surface area (Å²) in [6.07, 6.45) is 0.933. The van der Waals surface area contributed by atoms with Crippen LogP contribution in [0.15, 0.2) is 29.3 Å². The van der Waals surface area contributed by atoms with Crippen LogP contribution in [0.3, 0.4) is 0 Å². The van der Waals surface area contributed by atoms with Gasteiger partial charge in [0.1, 0.15) is 4.90 Å². The van der Waals surface area contributed by atoms with Gasteiger partial charge in [-0.2, -0.15) is 5.10 Å². The lowest BCUT2D eigenvalue weighted by Gasteiger charge is -2.02. The molecule has 0 spiro atoms. The number of H-pyrrole nitrogens is 1. The molecule has 0 unspecified atom stereocenters. The minimum Gasteiger partial charge on any atom is -0.276 e. The van der Waals surface area contributed by atoms with Crippen LogP contribution in [0, 0.1) is 11.6 Å². The zero-order valence-corrected chi connectivity index (χ0v) is 9.69. The van der Waals surface area contributed by atoms with E-state index < -0.39 is 25.6 Å². The Morgan fingerprint density at radius 2 is 2.00 bits per heavy atom. The molecule has 0 fully saturated rings. The van der Waals surface area contributed by atoms with Gasteiger partial charge in [-0.1, -0.05) is 6.07 Å². The lowest BCUT2D eigenvalue weighted by molar-refractivity contribution is 0.510. The second-order valence-electron chi connectivity index (χ2n) is 3.15. The van der Waals surface area contributed by atoms with Crippen molar-refractivity contribution >= 4 is 19.7 Å². The molecule has 1 aromatic heterocycles. The predicted octanol–water partition coefficient (Wildman–Crippen LogP) is 2.28. The van der Waals surface area contributed by atoms with E-state index >= 15 is 0 Å². The summed E-state index contributed by atoms with van der Waals surface area (Å²) < 4.78 is 48.8. The fraction of sp³-hybridized carbons (Fsp3) is 0. The lowest BCUT2D eigenvalue weighted by Crippen LogP contribution is -1.95. The van der Waals surface area contributed by atoms with Gasteiger partial charge in [-0.3, -0.25) is 5.10 Å². The molecular formula is C9H5ClF2N2O2S. The largest absolute Gasteiger partial charge is 0.276 e. The van der Waals surface area contributed by atoms with E-state index in [0.717, 1.165) is 12.3 Å². The van der Waals surface area contributed by atoms with Crippen LogP contribution in [0.1, 0.15) is 0 Å². The first-order valence-corrected chi connectivity index (χ1v) is 6.64. The van der Waals surface area contributed by atoms with Crippen LogP contribution >= 0.6 is 10.7 Å². The molecule has 1 aromatic carbocycles. The van der Waals surface area contributed by atoms with Crippen molar-refractivity contribution in [1.29, 1.82) is 0 Å². The minimum atomic E-state index is -4.08. The molecule has 0 amide bonds. The molecule has 4 nitrogen and oxygen atoms in total. The fourth-order valence-corrected chi connectivity index (χ4v) is 2.28. The molecular weight excluding hydrogens is 274 g/mol. The van der Waals surface area contributed by atoms with E-state index in [0.29, 0.717) is 0 Å². The summed E-state index contributed by atoms with van der Waals surface area (Å²) in [5, 5.41) is 5.73. The Kier molecular flexibility index (Phi) is 2.88. The average molecular weight is 279 g/mol. The van der Waals surface area contributed by atoms with Crippen LogP contribution in [0.2, 0.25) is 0 Å². The number of benzene rings is 1. The van der Waals surface area contributed by atoms with Crippen molar-refractivity contribution in [1.82, 2.24) is 10.2 Å². The Bertz CT molecular complexity index is 669. The lowest BCUT2D eigenvalue weighted by atomic mass is 10.1. The van der Waals surface area contributed by atoms with Gasteiger partial charge in [0.25, 0.3) is 9.05 Å². The van der Waals surface area contributed by atoms with Crippen molar-refractivity contribution < 1.29 is 17.2 Å². The number of halogens is 3. The van der Waals surface area contributed by atoms with Crippen LogP contribution in [-0.4, -0.2) is 18.6 Å². The summed E-state index contributed by atoms with van der Waals surface area (Å²) in [5.41, 5.74) is -0.432. The van der Waals surface area contributed by atoms with E-state index in [-0.39, 0.29) is 11.3 Å². The maximum absolute atomic E-state index is 13.5. The zero-order valence-electron chi connectivity index (χ0n) is 8.12. The normalized spacial score (nSPS) is 11.7. The van der Waals surface area contributed by atoms with E-state index in [1.54, 1.807) is 0 Å². The first-order chi connectivity index (χ1) is 7.91. The maximum atomic E-state index is 13.5. The van der Waals surface area contributed by atoms with Crippen LogP contribution in [-0.2, 0) is 9.05 Å². The van der Waals surface area contributed by atoms with E-state index in [4.69, 9.17) is 10.7 Å². The van der Waals surface area contributed by atoms with Gasteiger partial charge in [0, 0.05) is 16.2 Å². The van der Waals surface area contributed by atoms with Crippen LogP contribution in [0.4, 0.5) is 8.78 Å². The third-order valence-electron chi connectivity index (χ3n) is 2.09. The molecule has 2 rings (SSSR count). The number of rotatable bonds is 2. The molecule has 90 valence electrons. The number of aromatic amines is 1. The average Bonchev–Trinajstić information content (AvgIpc) is 2.70. The molecule has 2 aromatic rings. The number of nitrogens with zero attached hydrogens (tertiary/aromatic N) is 1. The van der Waals surface area contributed by atoms with E-state index in [2.05, 4.69) is 10.2 Å². The Hall–Kier alpha value is -1.47. The molecule has 0 aliphatic rings. The SMILES string of the molecule is O=S(=O)(Cl)c1cn[nH]c1-c1cccc(F)c1F. The highest BCUT2D eigenvalue weighted by atomic mass is 35.7. The molecule has 0 aliphatic carbocycles. The molecule has 8 heteroatoms. The molecule has 0 radical (unpaired) electrons. The molecule has 0 bridgehead atoms. The van der Waals surface area contributed by atoms with Crippen molar-refractivity contribution in [2.45, 2.75) is 4.90 Å². The standard InChI is InChI=1S/C9H5ClF2N2O2S/c10-17(15,16)7-4-13-14-9(7)5-2-1-3-6(11)8(5)12/h1-4H,(H,13,14). The molecule has 0 saturated heterocycles. The third-order valence-corrected chi connectivity index (χ3v) is 3.42. The van der Waals surface area contributed by atoms with Gasteiger partial charge in [0.15, 0.2) is 11.6 Å². The summed E-state index contributed by atoms with van der Waals surface area (Å²) in [5.74, 6) is -2.26. The molecule has 0 aliphatic heterocycles. The molecule has 0 atom stereocenters. The second-order valence-corrected chi connectivity index (χ2v) is 5.68. The Balaban J connectivity index is 2.71. The van der Waals surface area contributed by atoms with Gasteiger partial charge >= 0.3 is 0 Å². The van der Waals surface area contributed by atoms with Crippen molar-refractivity contribution in [3.63, 3.8) is 0 Å². The highest BCUT2D eigenvalue weighted by molar-refractivity contribution is 8.13. The van der Waals surface area contributed by atoms with Gasteiger partial charge in [0.2, 0.25) is 0 Å². The summed E-state index contributed by atoms with van der Waals surface area (Å²) in [7, 11) is 1.06. The van der Waals surface area contributed by atoms with Crippen LogP contribution in [0.5, 0.6) is 0 Å². The maximum Gasteiger partial charge on any atom is 0.265 e. The van der Waals surface area contributed by atoms with Crippen LogP contribution < -0.4 is 0 Å². The first kappa shape index (κ1) is 12.0. The Labute approximate surface area is 99.6 Å². The van der Waals surface area contributed by atoms with Crippen molar-refractivity contribution in [2.24, 2.45) is 0 Å². The van der Waals surface area contributed by atoms with Crippen LogP contribution in [0.25, 0.3) is 11.3 Å². The molecule has 1 heterocycles. The summed E-state index contributed by atoms with van der Waals surface area (Å²) in [6, 6.07) is 3.39. The minimum absolute atomic E-state index is 0.183. The van der Waals surface area contributed by atoms with E-state index in [9.17, 15) is 17.2 Å². The summed E-state index contributed by atoms with van der Waals surface area (Å²) in [4.78, 5) is -0.399. The number of hydrogen-bond donors (Lipinski definition) is 1. The van der Waals surface area contributed by atoms with Gasteiger partial charge < -0.3 is 0 Å². The van der Waals surface area contributed by atoms with Gasteiger partial charge in [-0.25, -0.2) is 17.2 Å².